The third-order valence-electron chi connectivity index (χ3n) is 8.10. The first-order valence-corrected chi connectivity index (χ1v) is 12.3. The molecule has 0 aromatic heterocycles. The van der Waals surface area contributed by atoms with E-state index < -0.39 is 37.5 Å². The van der Waals surface area contributed by atoms with Crippen molar-refractivity contribution < 1.29 is 28.5 Å². The van der Waals surface area contributed by atoms with Crippen LogP contribution in [0, 0.1) is 0 Å². The third kappa shape index (κ3) is 3.13. The summed E-state index contributed by atoms with van der Waals surface area (Å²) in [6, 6.07) is 0.298. The van der Waals surface area contributed by atoms with E-state index in [2.05, 4.69) is 0 Å². The second-order valence-corrected chi connectivity index (χ2v) is 10.0. The van der Waals surface area contributed by atoms with Gasteiger partial charge in [0.15, 0.2) is 24.9 Å². The summed E-state index contributed by atoms with van der Waals surface area (Å²) in [6.07, 6.45) is 7.63. The van der Waals surface area contributed by atoms with Crippen molar-refractivity contribution in [2.75, 3.05) is 14.1 Å². The van der Waals surface area contributed by atoms with Gasteiger partial charge in [-0.15, -0.1) is 0 Å². The first-order valence-electron chi connectivity index (χ1n) is 12.3. The van der Waals surface area contributed by atoms with Crippen LogP contribution in [0.3, 0.4) is 0 Å². The van der Waals surface area contributed by atoms with Crippen molar-refractivity contribution in [2.45, 2.75) is 114 Å². The van der Waals surface area contributed by atoms with E-state index in [0.717, 1.165) is 51.4 Å². The van der Waals surface area contributed by atoms with Gasteiger partial charge < -0.3 is 18.9 Å². The molecule has 4 heterocycles. The van der Waals surface area contributed by atoms with E-state index in [-0.39, 0.29) is 24.1 Å². The monoisotopic (exact) mass is 450 g/mol. The largest absolute Gasteiger partial charge is 0.324 e. The predicted molar refractivity (Wildman–Crippen MR) is 111 cm³/mol. The smallest absolute Gasteiger partial charge is 0.319 e. The van der Waals surface area contributed by atoms with Crippen LogP contribution >= 0.6 is 0 Å². The summed E-state index contributed by atoms with van der Waals surface area (Å²) in [5.74, 6) is 0. The van der Waals surface area contributed by atoms with Crippen LogP contribution in [0.25, 0.3) is 0 Å². The molecule has 10 nitrogen and oxygen atoms in total. The highest BCUT2D eigenvalue weighted by molar-refractivity contribution is 5.78. The van der Waals surface area contributed by atoms with Crippen molar-refractivity contribution in [1.82, 2.24) is 19.6 Å². The Balaban J connectivity index is 1.16. The van der Waals surface area contributed by atoms with Gasteiger partial charge in [0.25, 0.3) is 0 Å². The van der Waals surface area contributed by atoms with Crippen molar-refractivity contribution in [2.24, 2.45) is 0 Å². The molecule has 6 rings (SSSR count). The summed E-state index contributed by atoms with van der Waals surface area (Å²) in [4.78, 5) is 32.7. The SMILES string of the molecule is CN1C(=O)N(C2CCCCC2)C2OC(C3OC4C(O3)N(C3CCCCC3)C(=O)N4C)OC21. The normalized spacial score (nSPS) is 41.2. The minimum absolute atomic E-state index is 0.0377. The molecule has 0 spiro atoms. The highest BCUT2D eigenvalue weighted by Gasteiger charge is 2.60. The number of carbonyl (C=O) groups excluding carboxylic acids is 2. The van der Waals surface area contributed by atoms with E-state index in [0.29, 0.717) is 0 Å². The lowest BCUT2D eigenvalue weighted by Gasteiger charge is -2.34. The Morgan fingerprint density at radius 1 is 0.562 bits per heavy atom. The molecule has 6 unspecified atom stereocenters. The van der Waals surface area contributed by atoms with Gasteiger partial charge in [-0.2, -0.15) is 0 Å². The molecule has 0 aromatic carbocycles. The molecule has 2 aliphatic carbocycles. The summed E-state index contributed by atoms with van der Waals surface area (Å²) in [5, 5.41) is 0. The maximum Gasteiger partial charge on any atom is 0.324 e. The molecule has 6 atom stereocenters. The number of fused-ring (bicyclic) bond motifs is 2. The van der Waals surface area contributed by atoms with Crippen molar-refractivity contribution >= 4 is 12.1 Å². The van der Waals surface area contributed by atoms with Gasteiger partial charge in [0.1, 0.15) is 0 Å². The van der Waals surface area contributed by atoms with Crippen LogP contribution in [0.15, 0.2) is 0 Å². The Morgan fingerprint density at radius 3 is 1.28 bits per heavy atom. The Morgan fingerprint density at radius 2 is 0.906 bits per heavy atom. The Bertz CT molecular complexity index is 695. The molecule has 0 bridgehead atoms. The zero-order valence-corrected chi connectivity index (χ0v) is 18.9. The van der Waals surface area contributed by atoms with Crippen LogP contribution < -0.4 is 0 Å². The van der Waals surface area contributed by atoms with Crippen LogP contribution in [0.5, 0.6) is 0 Å². The molecular weight excluding hydrogens is 416 g/mol. The average Bonchev–Trinajstić information content (AvgIpc) is 3.54. The van der Waals surface area contributed by atoms with E-state index in [9.17, 15) is 9.59 Å². The van der Waals surface area contributed by atoms with Crippen molar-refractivity contribution in [3.63, 3.8) is 0 Å². The third-order valence-corrected chi connectivity index (χ3v) is 8.10. The van der Waals surface area contributed by atoms with Crippen molar-refractivity contribution in [1.29, 1.82) is 0 Å². The maximum absolute atomic E-state index is 12.9. The first kappa shape index (κ1) is 20.9. The van der Waals surface area contributed by atoms with E-state index in [1.807, 2.05) is 9.80 Å². The second kappa shape index (κ2) is 8.00. The minimum atomic E-state index is -0.742. The lowest BCUT2D eigenvalue weighted by Crippen LogP contribution is -2.47. The first-order chi connectivity index (χ1) is 15.5. The summed E-state index contributed by atoms with van der Waals surface area (Å²) < 4.78 is 24.8. The van der Waals surface area contributed by atoms with Gasteiger partial charge >= 0.3 is 12.1 Å². The molecule has 2 saturated carbocycles. The number of nitrogens with zero attached hydrogens (tertiary/aromatic N) is 4. The number of carbonyl (C=O) groups is 2. The molecule has 10 heteroatoms. The van der Waals surface area contributed by atoms with Gasteiger partial charge in [0.2, 0.25) is 12.6 Å². The Kier molecular flexibility index (Phi) is 5.24. The van der Waals surface area contributed by atoms with Crippen LogP contribution in [-0.4, -0.2) is 95.3 Å². The van der Waals surface area contributed by atoms with E-state index >= 15 is 0 Å². The molecule has 4 saturated heterocycles. The molecule has 4 aliphatic heterocycles. The lowest BCUT2D eigenvalue weighted by molar-refractivity contribution is -0.243. The quantitative estimate of drug-likeness (QED) is 0.657. The number of rotatable bonds is 3. The fourth-order valence-corrected chi connectivity index (χ4v) is 6.36. The summed E-state index contributed by atoms with van der Waals surface area (Å²) in [7, 11) is 3.52. The number of likely N-dealkylation sites (N-methyl/N-ethyl adjacent to an activating group) is 2. The van der Waals surface area contributed by atoms with Crippen molar-refractivity contribution in [3.05, 3.63) is 0 Å². The summed E-state index contributed by atoms with van der Waals surface area (Å²) >= 11 is 0. The summed E-state index contributed by atoms with van der Waals surface area (Å²) in [5.41, 5.74) is 0. The van der Waals surface area contributed by atoms with Gasteiger partial charge in [-0.25, -0.2) is 9.59 Å². The number of hydrogen-bond donors (Lipinski definition) is 0. The topological polar surface area (TPSA) is 84.0 Å². The molecule has 178 valence electrons. The molecule has 32 heavy (non-hydrogen) atoms. The molecule has 6 fully saturated rings. The van der Waals surface area contributed by atoms with Gasteiger partial charge in [-0.3, -0.25) is 19.6 Å². The molecule has 4 amide bonds. The number of urea groups is 2. The van der Waals surface area contributed by atoms with Crippen LogP contribution in [0.4, 0.5) is 9.59 Å². The highest BCUT2D eigenvalue weighted by atomic mass is 16.8. The fraction of sp³-hybridized carbons (Fsp3) is 0.909. The Labute approximate surface area is 188 Å². The van der Waals surface area contributed by atoms with Gasteiger partial charge in [0.05, 0.1) is 0 Å². The summed E-state index contributed by atoms with van der Waals surface area (Å²) in [6.45, 7) is 0. The standard InChI is InChI=1S/C22H34N4O6/c1-23-15-17(25(21(23)27)13-9-5-3-6-10-13)31-19(29-15)20-30-16-18(32-20)26(22(28)24(16)2)14-11-7-4-8-12-14/h13-20H,3-12H2,1-2H3. The zero-order valence-electron chi connectivity index (χ0n) is 18.9. The zero-order chi connectivity index (χ0) is 22.0. The van der Waals surface area contributed by atoms with Crippen LogP contribution in [-0.2, 0) is 18.9 Å². The Hall–Kier alpha value is -1.62. The van der Waals surface area contributed by atoms with Crippen LogP contribution in [0.2, 0.25) is 0 Å². The van der Waals surface area contributed by atoms with E-state index in [1.165, 1.54) is 12.8 Å². The number of amides is 4. The predicted octanol–water partition coefficient (Wildman–Crippen LogP) is 2.44. The second-order valence-electron chi connectivity index (χ2n) is 10.0. The maximum atomic E-state index is 12.9. The van der Waals surface area contributed by atoms with E-state index in [1.54, 1.807) is 23.9 Å². The van der Waals surface area contributed by atoms with Gasteiger partial charge in [-0.1, -0.05) is 38.5 Å². The van der Waals surface area contributed by atoms with Crippen LogP contribution in [0.1, 0.15) is 64.2 Å². The molecule has 0 radical (unpaired) electrons. The van der Waals surface area contributed by atoms with Gasteiger partial charge in [0, 0.05) is 26.2 Å². The lowest BCUT2D eigenvalue weighted by atomic mass is 9.94. The minimum Gasteiger partial charge on any atom is -0.319 e. The van der Waals surface area contributed by atoms with Gasteiger partial charge in [-0.05, 0) is 25.7 Å². The van der Waals surface area contributed by atoms with Crippen molar-refractivity contribution in [3.8, 4) is 0 Å². The van der Waals surface area contributed by atoms with E-state index in [4.69, 9.17) is 18.9 Å². The molecular formula is C22H34N4O6. The molecule has 0 aromatic rings. The fourth-order valence-electron chi connectivity index (χ4n) is 6.36. The number of ether oxygens (including phenoxy) is 4. The molecule has 0 N–H and O–H groups in total. The number of hydrogen-bond acceptors (Lipinski definition) is 6. The average molecular weight is 451 g/mol. The molecule has 6 aliphatic rings. The highest BCUT2D eigenvalue weighted by Crippen LogP contribution is 2.42.